The molecule has 24 heavy (non-hydrogen) atoms. The number of alkyl halides is 3. The Morgan fingerprint density at radius 2 is 1.62 bits per heavy atom. The quantitative estimate of drug-likeness (QED) is 0.856. The van der Waals surface area contributed by atoms with Crippen LogP contribution in [0.15, 0.2) is 59.5 Å². The molecule has 0 spiro atoms. The second-order valence-electron chi connectivity index (χ2n) is 5.18. The normalized spacial score (nSPS) is 13.5. The summed E-state index contributed by atoms with van der Waals surface area (Å²) in [5.74, 6) is -0.520. The first kappa shape index (κ1) is 18.3. The van der Waals surface area contributed by atoms with E-state index < -0.39 is 22.1 Å². The summed E-state index contributed by atoms with van der Waals surface area (Å²) in [6.07, 6.45) is -4.82. The summed E-state index contributed by atoms with van der Waals surface area (Å²) < 4.78 is 66.8. The van der Waals surface area contributed by atoms with E-state index in [0.29, 0.717) is 0 Å². The van der Waals surface area contributed by atoms with Crippen LogP contribution < -0.4 is 9.46 Å². The Bertz CT molecular complexity index is 759. The first-order valence-corrected chi connectivity index (χ1v) is 8.56. The molecule has 0 aromatic heterocycles. The zero-order chi connectivity index (χ0) is 17.8. The van der Waals surface area contributed by atoms with E-state index in [2.05, 4.69) is 9.46 Å². The van der Waals surface area contributed by atoms with Crippen molar-refractivity contribution < 1.29 is 26.3 Å². The average molecular weight is 359 g/mol. The standard InChI is InChI=1S/C16H16F3NO3S/c1-12(13-5-3-2-4-6-13)11-20-24(21,22)15-9-7-14(8-10-15)23-16(17,18)19/h2-10,12,20H,11H2,1H3. The van der Waals surface area contributed by atoms with Crippen molar-refractivity contribution in [2.75, 3.05) is 6.54 Å². The molecule has 2 aromatic rings. The molecule has 0 aliphatic rings. The summed E-state index contributed by atoms with van der Waals surface area (Å²) in [6.45, 7) is 2.05. The summed E-state index contributed by atoms with van der Waals surface area (Å²) in [4.78, 5) is -0.128. The molecule has 0 amide bonds. The molecule has 0 aliphatic heterocycles. The predicted molar refractivity (Wildman–Crippen MR) is 83.2 cm³/mol. The van der Waals surface area contributed by atoms with Crippen LogP contribution in [-0.4, -0.2) is 21.3 Å². The molecule has 0 fully saturated rings. The number of halogens is 3. The molecule has 0 saturated heterocycles. The fourth-order valence-electron chi connectivity index (χ4n) is 2.04. The number of sulfonamides is 1. The molecule has 0 bridgehead atoms. The van der Waals surface area contributed by atoms with Crippen LogP contribution in [0.3, 0.4) is 0 Å². The van der Waals surface area contributed by atoms with E-state index >= 15 is 0 Å². The molecule has 0 heterocycles. The lowest BCUT2D eigenvalue weighted by Gasteiger charge is -2.14. The van der Waals surface area contributed by atoms with Crippen LogP contribution in [-0.2, 0) is 10.0 Å². The molecular formula is C16H16F3NO3S. The van der Waals surface area contributed by atoms with Crippen molar-refractivity contribution in [1.82, 2.24) is 4.72 Å². The second-order valence-corrected chi connectivity index (χ2v) is 6.95. The van der Waals surface area contributed by atoms with Gasteiger partial charge in [-0.2, -0.15) is 0 Å². The zero-order valence-corrected chi connectivity index (χ0v) is 13.6. The highest BCUT2D eigenvalue weighted by Crippen LogP contribution is 2.24. The molecule has 2 rings (SSSR count). The number of nitrogens with one attached hydrogen (secondary N) is 1. The van der Waals surface area contributed by atoms with Gasteiger partial charge in [-0.15, -0.1) is 13.2 Å². The van der Waals surface area contributed by atoms with E-state index in [-0.39, 0.29) is 17.4 Å². The van der Waals surface area contributed by atoms with E-state index in [9.17, 15) is 21.6 Å². The van der Waals surface area contributed by atoms with Gasteiger partial charge in [0.05, 0.1) is 4.90 Å². The van der Waals surface area contributed by atoms with Crippen molar-refractivity contribution in [2.24, 2.45) is 0 Å². The second kappa shape index (κ2) is 7.23. The minimum Gasteiger partial charge on any atom is -0.406 e. The van der Waals surface area contributed by atoms with Gasteiger partial charge in [-0.1, -0.05) is 37.3 Å². The van der Waals surface area contributed by atoms with Crippen LogP contribution >= 0.6 is 0 Å². The van der Waals surface area contributed by atoms with Crippen molar-refractivity contribution in [3.63, 3.8) is 0 Å². The molecule has 0 radical (unpaired) electrons. The fourth-order valence-corrected chi connectivity index (χ4v) is 3.17. The Hall–Kier alpha value is -2.06. The highest BCUT2D eigenvalue weighted by molar-refractivity contribution is 7.89. The third-order valence-electron chi connectivity index (χ3n) is 3.32. The Balaban J connectivity index is 2.02. The monoisotopic (exact) mass is 359 g/mol. The summed E-state index contributed by atoms with van der Waals surface area (Å²) in [7, 11) is -3.81. The molecule has 8 heteroatoms. The summed E-state index contributed by atoms with van der Waals surface area (Å²) >= 11 is 0. The van der Waals surface area contributed by atoms with Crippen molar-refractivity contribution in [3.05, 3.63) is 60.2 Å². The van der Waals surface area contributed by atoms with Crippen molar-refractivity contribution in [3.8, 4) is 5.75 Å². The van der Waals surface area contributed by atoms with Gasteiger partial charge in [0, 0.05) is 6.54 Å². The maximum absolute atomic E-state index is 12.2. The molecule has 4 nitrogen and oxygen atoms in total. The maximum atomic E-state index is 12.2. The van der Waals surface area contributed by atoms with Crippen LogP contribution in [0.4, 0.5) is 13.2 Å². The van der Waals surface area contributed by atoms with Crippen LogP contribution in [0.1, 0.15) is 18.4 Å². The van der Waals surface area contributed by atoms with E-state index in [1.807, 2.05) is 37.3 Å². The molecule has 1 unspecified atom stereocenters. The van der Waals surface area contributed by atoms with Gasteiger partial charge in [-0.25, -0.2) is 13.1 Å². The first-order chi connectivity index (χ1) is 11.2. The molecule has 0 aliphatic carbocycles. The SMILES string of the molecule is CC(CNS(=O)(=O)c1ccc(OC(F)(F)F)cc1)c1ccccc1. The minimum absolute atomic E-state index is 0.0474. The van der Waals surface area contributed by atoms with Gasteiger partial charge in [0.1, 0.15) is 5.75 Å². The molecule has 130 valence electrons. The zero-order valence-electron chi connectivity index (χ0n) is 12.7. The van der Waals surface area contributed by atoms with Crippen molar-refractivity contribution >= 4 is 10.0 Å². The lowest BCUT2D eigenvalue weighted by Crippen LogP contribution is -2.27. The van der Waals surface area contributed by atoms with Gasteiger partial charge in [-0.3, -0.25) is 0 Å². The third-order valence-corrected chi connectivity index (χ3v) is 4.76. The fraction of sp³-hybridized carbons (Fsp3) is 0.250. The van der Waals surface area contributed by atoms with Crippen LogP contribution in [0.25, 0.3) is 0 Å². The van der Waals surface area contributed by atoms with Crippen molar-refractivity contribution in [2.45, 2.75) is 24.1 Å². The van der Waals surface area contributed by atoms with Crippen molar-refractivity contribution in [1.29, 1.82) is 0 Å². The van der Waals surface area contributed by atoms with Gasteiger partial charge in [-0.05, 0) is 35.7 Å². The average Bonchev–Trinajstić information content (AvgIpc) is 2.52. The van der Waals surface area contributed by atoms with Crippen LogP contribution in [0.2, 0.25) is 0 Å². The molecular weight excluding hydrogens is 343 g/mol. The molecule has 2 aromatic carbocycles. The number of ether oxygens (including phenoxy) is 1. The van der Waals surface area contributed by atoms with E-state index in [4.69, 9.17) is 0 Å². The maximum Gasteiger partial charge on any atom is 0.573 e. The molecule has 0 saturated carbocycles. The first-order valence-electron chi connectivity index (χ1n) is 7.08. The van der Waals surface area contributed by atoms with Crippen LogP contribution in [0.5, 0.6) is 5.75 Å². The largest absolute Gasteiger partial charge is 0.573 e. The summed E-state index contributed by atoms with van der Waals surface area (Å²) in [5.41, 5.74) is 0.981. The summed E-state index contributed by atoms with van der Waals surface area (Å²) in [5, 5.41) is 0. The Morgan fingerprint density at radius 3 is 2.17 bits per heavy atom. The van der Waals surface area contributed by atoms with E-state index in [0.717, 1.165) is 29.8 Å². The van der Waals surface area contributed by atoms with E-state index in [1.165, 1.54) is 0 Å². The minimum atomic E-state index is -4.82. The number of hydrogen-bond acceptors (Lipinski definition) is 3. The van der Waals surface area contributed by atoms with Gasteiger partial charge < -0.3 is 4.74 Å². The third kappa shape index (κ3) is 5.24. The van der Waals surface area contributed by atoms with Gasteiger partial charge >= 0.3 is 6.36 Å². The predicted octanol–water partition coefficient (Wildman–Crippen LogP) is 3.67. The highest BCUT2D eigenvalue weighted by Gasteiger charge is 2.31. The molecule has 1 atom stereocenters. The van der Waals surface area contributed by atoms with Gasteiger partial charge in [0.25, 0.3) is 0 Å². The summed E-state index contributed by atoms with van der Waals surface area (Å²) in [6, 6.07) is 13.4. The number of hydrogen-bond donors (Lipinski definition) is 1. The Kier molecular flexibility index (Phi) is 5.51. The van der Waals surface area contributed by atoms with E-state index in [1.54, 1.807) is 0 Å². The van der Waals surface area contributed by atoms with Gasteiger partial charge in [0.2, 0.25) is 10.0 Å². The number of rotatable bonds is 6. The lowest BCUT2D eigenvalue weighted by atomic mass is 10.0. The smallest absolute Gasteiger partial charge is 0.406 e. The topological polar surface area (TPSA) is 55.4 Å². The Labute approximate surface area is 138 Å². The highest BCUT2D eigenvalue weighted by atomic mass is 32.2. The molecule has 1 N–H and O–H groups in total. The van der Waals surface area contributed by atoms with Crippen LogP contribution in [0, 0.1) is 0 Å². The lowest BCUT2D eigenvalue weighted by molar-refractivity contribution is -0.274. The Morgan fingerprint density at radius 1 is 1.04 bits per heavy atom. The van der Waals surface area contributed by atoms with Gasteiger partial charge in [0.15, 0.2) is 0 Å². The number of benzene rings is 2.